The van der Waals surface area contributed by atoms with Crippen molar-refractivity contribution in [3.8, 4) is 17.0 Å². The number of aromatic nitrogens is 2. The summed E-state index contributed by atoms with van der Waals surface area (Å²) >= 11 is 0. The largest absolute Gasteiger partial charge is 0.508 e. The molecule has 0 spiro atoms. The van der Waals surface area contributed by atoms with Crippen molar-refractivity contribution in [3.05, 3.63) is 71.7 Å². The van der Waals surface area contributed by atoms with E-state index in [0.29, 0.717) is 18.7 Å². The van der Waals surface area contributed by atoms with E-state index in [1.165, 1.54) is 6.07 Å². The number of rotatable bonds is 7. The molecule has 0 radical (unpaired) electrons. The van der Waals surface area contributed by atoms with Crippen molar-refractivity contribution in [1.82, 2.24) is 15.1 Å². The second-order valence-corrected chi connectivity index (χ2v) is 7.21. The van der Waals surface area contributed by atoms with Crippen LogP contribution < -0.4 is 0 Å². The van der Waals surface area contributed by atoms with Gasteiger partial charge in [0, 0.05) is 42.9 Å². The van der Waals surface area contributed by atoms with Gasteiger partial charge in [-0.05, 0) is 43.2 Å². The molecule has 0 saturated carbocycles. The molecule has 1 saturated heterocycles. The minimum Gasteiger partial charge on any atom is -0.508 e. The molecule has 146 valence electrons. The van der Waals surface area contributed by atoms with Crippen molar-refractivity contribution in [2.75, 3.05) is 13.2 Å². The van der Waals surface area contributed by atoms with Crippen LogP contribution in [0, 0.1) is 5.82 Å². The van der Waals surface area contributed by atoms with Crippen LogP contribution in [0.3, 0.4) is 0 Å². The van der Waals surface area contributed by atoms with Crippen LogP contribution in [0.1, 0.15) is 24.0 Å². The Hall–Kier alpha value is -2.70. The number of H-pyrrole nitrogens is 1. The number of hydrogen-bond acceptors (Lipinski definition) is 4. The van der Waals surface area contributed by atoms with E-state index < -0.39 is 0 Å². The summed E-state index contributed by atoms with van der Waals surface area (Å²) in [5, 5.41) is 16.8. The van der Waals surface area contributed by atoms with Crippen LogP contribution in [0.15, 0.2) is 54.7 Å². The molecule has 2 heterocycles. The molecule has 0 aliphatic carbocycles. The fourth-order valence-electron chi connectivity index (χ4n) is 3.68. The normalized spacial score (nSPS) is 16.7. The standard InChI is InChI=1S/C22H24FN3O2/c23-21-6-2-1-4-17(21)13-26(15-20-5-3-11-28-20)14-18-12-24-25-22(18)16-7-9-19(27)10-8-16/h1-2,4,6-10,12,20,27H,3,5,11,13-15H2,(H,24,25)/t20-/m1/s1. The van der Waals surface area contributed by atoms with E-state index in [0.717, 1.165) is 42.8 Å². The zero-order valence-electron chi connectivity index (χ0n) is 15.6. The molecule has 0 bridgehead atoms. The minimum atomic E-state index is -0.189. The fraction of sp³-hybridized carbons (Fsp3) is 0.318. The Labute approximate surface area is 163 Å². The first-order chi connectivity index (χ1) is 13.7. The minimum absolute atomic E-state index is 0.177. The number of aromatic amines is 1. The van der Waals surface area contributed by atoms with E-state index >= 15 is 0 Å². The Balaban J connectivity index is 1.56. The number of nitrogens with one attached hydrogen (secondary N) is 1. The quantitative estimate of drug-likeness (QED) is 0.647. The SMILES string of the molecule is Oc1ccc(-c2[nH]ncc2CN(Cc2ccccc2F)C[C@H]2CCCO2)cc1. The van der Waals surface area contributed by atoms with Crippen LogP contribution >= 0.6 is 0 Å². The van der Waals surface area contributed by atoms with Gasteiger partial charge in [0.15, 0.2) is 0 Å². The molecule has 0 unspecified atom stereocenters. The lowest BCUT2D eigenvalue weighted by Gasteiger charge is -2.25. The highest BCUT2D eigenvalue weighted by Crippen LogP contribution is 2.26. The number of phenolic OH excluding ortho intramolecular Hbond substituents is 1. The number of aromatic hydroxyl groups is 1. The van der Waals surface area contributed by atoms with Crippen molar-refractivity contribution in [3.63, 3.8) is 0 Å². The topological polar surface area (TPSA) is 61.4 Å². The first-order valence-electron chi connectivity index (χ1n) is 9.58. The van der Waals surface area contributed by atoms with E-state index in [4.69, 9.17) is 4.74 Å². The van der Waals surface area contributed by atoms with Gasteiger partial charge in [0.25, 0.3) is 0 Å². The second-order valence-electron chi connectivity index (χ2n) is 7.21. The zero-order chi connectivity index (χ0) is 19.3. The van der Waals surface area contributed by atoms with Gasteiger partial charge < -0.3 is 9.84 Å². The first kappa shape index (κ1) is 18.7. The highest BCUT2D eigenvalue weighted by atomic mass is 19.1. The van der Waals surface area contributed by atoms with Gasteiger partial charge in [-0.1, -0.05) is 18.2 Å². The van der Waals surface area contributed by atoms with Gasteiger partial charge in [-0.25, -0.2) is 4.39 Å². The summed E-state index contributed by atoms with van der Waals surface area (Å²) in [5.41, 5.74) is 3.56. The molecule has 0 amide bonds. The van der Waals surface area contributed by atoms with Crippen molar-refractivity contribution in [1.29, 1.82) is 0 Å². The van der Waals surface area contributed by atoms with E-state index in [2.05, 4.69) is 15.1 Å². The van der Waals surface area contributed by atoms with Gasteiger partial charge >= 0.3 is 0 Å². The van der Waals surface area contributed by atoms with Crippen LogP contribution in [-0.4, -0.2) is 39.5 Å². The summed E-state index contributed by atoms with van der Waals surface area (Å²) in [5.74, 6) is 0.0372. The van der Waals surface area contributed by atoms with Gasteiger partial charge in [-0.3, -0.25) is 10.00 Å². The van der Waals surface area contributed by atoms with Gasteiger partial charge in [0.2, 0.25) is 0 Å². The molecular formula is C22H24FN3O2. The smallest absolute Gasteiger partial charge is 0.127 e. The molecule has 6 heteroatoms. The highest BCUT2D eigenvalue weighted by Gasteiger charge is 2.21. The molecule has 3 aromatic rings. The number of halogens is 1. The van der Waals surface area contributed by atoms with E-state index in [1.54, 1.807) is 18.2 Å². The number of benzene rings is 2. The lowest BCUT2D eigenvalue weighted by atomic mass is 10.1. The molecular weight excluding hydrogens is 357 g/mol. The zero-order valence-corrected chi connectivity index (χ0v) is 15.6. The summed E-state index contributed by atoms with van der Waals surface area (Å²) in [6, 6.07) is 13.9. The monoisotopic (exact) mass is 381 g/mol. The van der Waals surface area contributed by atoms with Crippen molar-refractivity contribution in [2.24, 2.45) is 0 Å². The number of hydrogen-bond donors (Lipinski definition) is 2. The van der Waals surface area contributed by atoms with Gasteiger partial charge in [0.1, 0.15) is 11.6 Å². The molecule has 28 heavy (non-hydrogen) atoms. The molecule has 1 aliphatic heterocycles. The predicted octanol–water partition coefficient (Wildman–Crippen LogP) is 4.10. The Morgan fingerprint density at radius 3 is 2.64 bits per heavy atom. The summed E-state index contributed by atoms with van der Waals surface area (Å²) in [4.78, 5) is 2.21. The van der Waals surface area contributed by atoms with Gasteiger partial charge in [-0.15, -0.1) is 0 Å². The average molecular weight is 381 g/mol. The van der Waals surface area contributed by atoms with Crippen molar-refractivity contribution < 1.29 is 14.2 Å². The van der Waals surface area contributed by atoms with Crippen LogP contribution in [0.4, 0.5) is 4.39 Å². The molecule has 1 fully saturated rings. The average Bonchev–Trinajstić information content (AvgIpc) is 3.36. The molecule has 1 aliphatic rings. The molecule has 2 N–H and O–H groups in total. The van der Waals surface area contributed by atoms with E-state index in [-0.39, 0.29) is 17.7 Å². The molecule has 5 nitrogen and oxygen atoms in total. The summed E-state index contributed by atoms with van der Waals surface area (Å²) in [7, 11) is 0. The number of nitrogens with zero attached hydrogens (tertiary/aromatic N) is 2. The van der Waals surface area contributed by atoms with Crippen LogP contribution in [0.2, 0.25) is 0 Å². The first-order valence-corrected chi connectivity index (χ1v) is 9.58. The molecule has 1 atom stereocenters. The highest BCUT2D eigenvalue weighted by molar-refractivity contribution is 5.63. The third-order valence-corrected chi connectivity index (χ3v) is 5.11. The number of ether oxygens (including phenoxy) is 1. The van der Waals surface area contributed by atoms with Crippen LogP contribution in [0.5, 0.6) is 5.75 Å². The predicted molar refractivity (Wildman–Crippen MR) is 105 cm³/mol. The van der Waals surface area contributed by atoms with Crippen molar-refractivity contribution >= 4 is 0 Å². The lowest BCUT2D eigenvalue weighted by molar-refractivity contribution is 0.0676. The van der Waals surface area contributed by atoms with Gasteiger partial charge in [-0.2, -0.15) is 5.10 Å². The second kappa shape index (κ2) is 8.54. The maximum absolute atomic E-state index is 14.2. The fourth-order valence-corrected chi connectivity index (χ4v) is 3.68. The van der Waals surface area contributed by atoms with Gasteiger partial charge in [0.05, 0.1) is 18.0 Å². The summed E-state index contributed by atoms with van der Waals surface area (Å²) < 4.78 is 20.0. The number of phenols is 1. The Bertz CT molecular complexity index is 904. The maximum atomic E-state index is 14.2. The van der Waals surface area contributed by atoms with Crippen molar-refractivity contribution in [2.45, 2.75) is 32.0 Å². The maximum Gasteiger partial charge on any atom is 0.127 e. The Morgan fingerprint density at radius 2 is 1.89 bits per heavy atom. The lowest BCUT2D eigenvalue weighted by Crippen LogP contribution is -2.31. The molecule has 1 aromatic heterocycles. The molecule has 2 aromatic carbocycles. The van der Waals surface area contributed by atoms with E-state index in [1.807, 2.05) is 30.5 Å². The Kier molecular flexibility index (Phi) is 5.69. The molecule has 4 rings (SSSR count). The van der Waals surface area contributed by atoms with E-state index in [9.17, 15) is 9.50 Å². The third kappa shape index (κ3) is 4.40. The van der Waals surface area contributed by atoms with Crippen LogP contribution in [0.25, 0.3) is 11.3 Å². The summed E-state index contributed by atoms with van der Waals surface area (Å²) in [6.45, 7) is 2.67. The summed E-state index contributed by atoms with van der Waals surface area (Å²) in [6.07, 6.45) is 4.09. The Morgan fingerprint density at radius 1 is 1.11 bits per heavy atom. The third-order valence-electron chi connectivity index (χ3n) is 5.11. The van der Waals surface area contributed by atoms with Crippen LogP contribution in [-0.2, 0) is 17.8 Å².